The van der Waals surface area contributed by atoms with Crippen molar-refractivity contribution in [2.45, 2.75) is 13.8 Å². The molecule has 1 atom stereocenters. The van der Waals surface area contributed by atoms with Crippen LogP contribution in [0, 0.1) is 0 Å². The molecule has 0 radical (unpaired) electrons. The van der Waals surface area contributed by atoms with Crippen molar-refractivity contribution in [1.29, 1.82) is 0 Å². The molecule has 0 saturated heterocycles. The highest BCUT2D eigenvalue weighted by Crippen LogP contribution is 2.17. The average molecular weight is 154 g/mol. The van der Waals surface area contributed by atoms with Gasteiger partial charge in [0, 0.05) is 0 Å². The maximum atomic E-state index is 10.5. The van der Waals surface area contributed by atoms with Crippen molar-refractivity contribution < 1.29 is 9.90 Å². The topological polar surface area (TPSA) is 37.3 Å². The summed E-state index contributed by atoms with van der Waals surface area (Å²) in [5, 5.41) is 9.77. The van der Waals surface area contributed by atoms with Gasteiger partial charge in [0.05, 0.1) is 0 Å². The molecule has 1 heterocycles. The SMILES string of the molecule is CC1=C(C)[SiH](C(=O)O)C=C1. The summed E-state index contributed by atoms with van der Waals surface area (Å²) in [6.07, 6.45) is 1.92. The van der Waals surface area contributed by atoms with Gasteiger partial charge in [0.15, 0.2) is 0 Å². The maximum absolute atomic E-state index is 10.5. The number of hydrogen-bond donors (Lipinski definition) is 1. The number of carbonyl (C=O) groups is 1. The summed E-state index contributed by atoms with van der Waals surface area (Å²) in [7, 11) is -1.69. The Morgan fingerprint density at radius 1 is 1.60 bits per heavy atom. The first kappa shape index (κ1) is 7.28. The van der Waals surface area contributed by atoms with Gasteiger partial charge in [-0.15, -0.1) is 0 Å². The predicted octanol–water partition coefficient (Wildman–Crippen LogP) is 1.46. The Morgan fingerprint density at radius 2 is 2.20 bits per heavy atom. The van der Waals surface area contributed by atoms with Crippen LogP contribution in [0.25, 0.3) is 0 Å². The fraction of sp³-hybridized carbons (Fsp3) is 0.286. The first-order valence-corrected chi connectivity index (χ1v) is 5.03. The van der Waals surface area contributed by atoms with E-state index in [0.29, 0.717) is 0 Å². The van der Waals surface area contributed by atoms with Gasteiger partial charge in [0.1, 0.15) is 0 Å². The lowest BCUT2D eigenvalue weighted by molar-refractivity contribution is 0.219. The van der Waals surface area contributed by atoms with Crippen molar-refractivity contribution in [2.75, 3.05) is 0 Å². The first-order valence-electron chi connectivity index (χ1n) is 3.21. The Kier molecular flexibility index (Phi) is 1.76. The second kappa shape index (κ2) is 2.42. The van der Waals surface area contributed by atoms with Crippen molar-refractivity contribution >= 4 is 14.4 Å². The molecule has 0 aromatic heterocycles. The Labute approximate surface area is 61.5 Å². The van der Waals surface area contributed by atoms with E-state index in [9.17, 15) is 4.79 Å². The summed E-state index contributed by atoms with van der Waals surface area (Å²) in [5.74, 6) is 0. The Morgan fingerprint density at radius 3 is 2.40 bits per heavy atom. The Balaban J connectivity index is 2.88. The van der Waals surface area contributed by atoms with Gasteiger partial charge in [-0.05, 0) is 13.8 Å². The number of carboxylic acid groups (broad SMARTS) is 1. The zero-order valence-corrected chi connectivity index (χ0v) is 7.24. The molecular formula is C7H10O2Si. The third-order valence-electron chi connectivity index (χ3n) is 1.89. The molecule has 0 aliphatic carbocycles. The summed E-state index contributed by atoms with van der Waals surface area (Å²) in [6, 6.07) is 0. The second-order valence-electron chi connectivity index (χ2n) is 2.54. The molecule has 1 aliphatic heterocycles. The molecule has 1 rings (SSSR count). The summed E-state index contributed by atoms with van der Waals surface area (Å²) < 4.78 is 0. The van der Waals surface area contributed by atoms with E-state index in [2.05, 4.69) is 0 Å². The van der Waals surface area contributed by atoms with E-state index in [1.807, 2.05) is 25.6 Å². The lowest BCUT2D eigenvalue weighted by Crippen LogP contribution is -2.21. The molecule has 0 bridgehead atoms. The molecule has 10 heavy (non-hydrogen) atoms. The molecule has 1 aliphatic rings. The van der Waals surface area contributed by atoms with E-state index in [0.717, 1.165) is 10.8 Å². The maximum Gasteiger partial charge on any atom is 0.275 e. The van der Waals surface area contributed by atoms with Gasteiger partial charge >= 0.3 is 0 Å². The van der Waals surface area contributed by atoms with Gasteiger partial charge in [0.2, 0.25) is 8.80 Å². The van der Waals surface area contributed by atoms with Crippen LogP contribution in [-0.2, 0) is 0 Å². The van der Waals surface area contributed by atoms with Crippen molar-refractivity contribution in [3.05, 3.63) is 22.5 Å². The quantitative estimate of drug-likeness (QED) is 0.580. The van der Waals surface area contributed by atoms with Crippen LogP contribution >= 0.6 is 0 Å². The standard InChI is InChI=1S/C7H10O2Si/c1-5-3-4-10(6(5)2)7(8)9/h3-4,10H,1-2H3,(H,8,9). The van der Waals surface area contributed by atoms with Crippen molar-refractivity contribution in [2.24, 2.45) is 0 Å². The van der Waals surface area contributed by atoms with Gasteiger partial charge in [0.25, 0.3) is 5.59 Å². The lowest BCUT2D eigenvalue weighted by atomic mass is 10.3. The van der Waals surface area contributed by atoms with Gasteiger partial charge in [-0.3, -0.25) is 4.79 Å². The minimum absolute atomic E-state index is 0.620. The van der Waals surface area contributed by atoms with Crippen LogP contribution in [0.15, 0.2) is 22.5 Å². The normalized spacial score (nSPS) is 24.0. The Bertz CT molecular complexity index is 228. The second-order valence-corrected chi connectivity index (χ2v) is 5.24. The van der Waals surface area contributed by atoms with Crippen LogP contribution in [0.4, 0.5) is 4.79 Å². The van der Waals surface area contributed by atoms with Crippen molar-refractivity contribution in [1.82, 2.24) is 0 Å². The third-order valence-corrected chi connectivity index (χ3v) is 4.39. The van der Waals surface area contributed by atoms with Crippen LogP contribution in [0.1, 0.15) is 13.8 Å². The molecule has 3 heteroatoms. The zero-order valence-electron chi connectivity index (χ0n) is 6.09. The van der Waals surface area contributed by atoms with E-state index in [1.165, 1.54) is 0 Å². The minimum atomic E-state index is -1.69. The van der Waals surface area contributed by atoms with Crippen molar-refractivity contribution in [3.63, 3.8) is 0 Å². The Hall–Kier alpha value is -0.833. The first-order chi connectivity index (χ1) is 4.63. The predicted molar refractivity (Wildman–Crippen MR) is 42.7 cm³/mol. The molecule has 0 fully saturated rings. The minimum Gasteiger partial charge on any atom is -0.485 e. The third kappa shape index (κ3) is 1.04. The van der Waals surface area contributed by atoms with Crippen LogP contribution < -0.4 is 0 Å². The molecule has 0 aromatic rings. The average Bonchev–Trinajstić information content (AvgIpc) is 2.14. The number of rotatable bonds is 1. The largest absolute Gasteiger partial charge is 0.485 e. The highest BCUT2D eigenvalue weighted by Gasteiger charge is 2.23. The van der Waals surface area contributed by atoms with Gasteiger partial charge in [-0.1, -0.05) is 22.5 Å². The molecule has 0 spiro atoms. The van der Waals surface area contributed by atoms with Crippen LogP contribution in [0.5, 0.6) is 0 Å². The van der Waals surface area contributed by atoms with Gasteiger partial charge < -0.3 is 5.11 Å². The van der Waals surface area contributed by atoms with E-state index in [-0.39, 0.29) is 0 Å². The summed E-state index contributed by atoms with van der Waals surface area (Å²) in [6.45, 7) is 3.88. The molecule has 0 aromatic carbocycles. The molecule has 0 saturated carbocycles. The van der Waals surface area contributed by atoms with Crippen LogP contribution in [0.3, 0.4) is 0 Å². The van der Waals surface area contributed by atoms with E-state index < -0.39 is 14.4 Å². The highest BCUT2D eigenvalue weighted by atomic mass is 28.3. The van der Waals surface area contributed by atoms with Crippen molar-refractivity contribution in [3.8, 4) is 0 Å². The fourth-order valence-corrected chi connectivity index (χ4v) is 2.92. The molecule has 1 N–H and O–H groups in total. The van der Waals surface area contributed by atoms with Crippen LogP contribution in [0.2, 0.25) is 0 Å². The molecule has 2 nitrogen and oxygen atoms in total. The number of hydrogen-bond acceptors (Lipinski definition) is 1. The lowest BCUT2D eigenvalue weighted by Gasteiger charge is -2.00. The van der Waals surface area contributed by atoms with E-state index in [4.69, 9.17) is 5.11 Å². The molecule has 54 valence electrons. The summed E-state index contributed by atoms with van der Waals surface area (Å²) >= 11 is 0. The van der Waals surface area contributed by atoms with Crippen LogP contribution in [-0.4, -0.2) is 19.5 Å². The highest BCUT2D eigenvalue weighted by molar-refractivity contribution is 6.97. The molecule has 0 amide bonds. The summed E-state index contributed by atoms with van der Waals surface area (Å²) in [5.41, 5.74) is 2.37. The fourth-order valence-electron chi connectivity index (χ4n) is 1.03. The van der Waals surface area contributed by atoms with Gasteiger partial charge in [-0.25, -0.2) is 0 Å². The summed E-state index contributed by atoms with van der Waals surface area (Å²) in [4.78, 5) is 10.5. The smallest absolute Gasteiger partial charge is 0.275 e. The van der Waals surface area contributed by atoms with E-state index >= 15 is 0 Å². The zero-order chi connectivity index (χ0) is 7.72. The van der Waals surface area contributed by atoms with Gasteiger partial charge in [-0.2, -0.15) is 0 Å². The monoisotopic (exact) mass is 154 g/mol. The van der Waals surface area contributed by atoms with E-state index in [1.54, 1.807) is 0 Å². The molecule has 1 unspecified atom stereocenters. The number of allylic oxidation sites excluding steroid dienone is 3. The molecular weight excluding hydrogens is 144 g/mol.